The van der Waals surface area contributed by atoms with Crippen molar-refractivity contribution in [3.05, 3.63) is 22.2 Å². The quantitative estimate of drug-likeness (QED) is 0.680. The average Bonchev–Trinajstić information content (AvgIpc) is 2.64. The van der Waals surface area contributed by atoms with Crippen LogP contribution in [0.25, 0.3) is 0 Å². The smallest absolute Gasteiger partial charge is 0.300 e. The van der Waals surface area contributed by atoms with Crippen molar-refractivity contribution in [1.29, 1.82) is 0 Å². The van der Waals surface area contributed by atoms with Crippen molar-refractivity contribution >= 4 is 5.97 Å². The van der Waals surface area contributed by atoms with Crippen LogP contribution in [0.3, 0.4) is 0 Å². The summed E-state index contributed by atoms with van der Waals surface area (Å²) in [4.78, 5) is 19.8. The summed E-state index contributed by atoms with van der Waals surface area (Å²) < 4.78 is 5.09. The number of piperidine rings is 1. The molecule has 1 fully saturated rings. The molecule has 96 valence electrons. The Morgan fingerprint density at radius 2 is 2.24 bits per heavy atom. The van der Waals surface area contributed by atoms with Gasteiger partial charge in [-0.2, -0.15) is 5.16 Å². The first-order chi connectivity index (χ1) is 7.99. The molecule has 6 nitrogen and oxygen atoms in total. The van der Waals surface area contributed by atoms with Crippen LogP contribution in [0, 0.1) is 0 Å². The van der Waals surface area contributed by atoms with E-state index in [9.17, 15) is 4.79 Å². The molecular weight excluding hydrogens is 224 g/mol. The molecule has 2 heterocycles. The first-order valence-corrected chi connectivity index (χ1v) is 5.60. The minimum absolute atomic E-state index is 0.138. The Morgan fingerprint density at radius 1 is 1.59 bits per heavy atom. The molecule has 6 heteroatoms. The van der Waals surface area contributed by atoms with Gasteiger partial charge in [0.2, 0.25) is 0 Å². The van der Waals surface area contributed by atoms with E-state index in [-0.39, 0.29) is 5.56 Å². The van der Waals surface area contributed by atoms with Gasteiger partial charge in [0.15, 0.2) is 0 Å². The van der Waals surface area contributed by atoms with E-state index in [1.54, 1.807) is 6.07 Å². The van der Waals surface area contributed by atoms with Gasteiger partial charge >= 0.3 is 0 Å². The molecule has 1 saturated heterocycles. The van der Waals surface area contributed by atoms with Gasteiger partial charge in [0.25, 0.3) is 11.5 Å². The zero-order valence-corrected chi connectivity index (χ0v) is 10.0. The van der Waals surface area contributed by atoms with Gasteiger partial charge < -0.3 is 14.9 Å². The van der Waals surface area contributed by atoms with Crippen LogP contribution in [0.2, 0.25) is 0 Å². The summed E-state index contributed by atoms with van der Waals surface area (Å²) in [6.07, 6.45) is 2.09. The summed E-state index contributed by atoms with van der Waals surface area (Å²) in [5.41, 5.74) is -0.138. The maximum atomic E-state index is 10.8. The molecule has 0 amide bonds. The number of H-pyrrole nitrogens is 1. The highest BCUT2D eigenvalue weighted by atomic mass is 16.5. The van der Waals surface area contributed by atoms with Crippen LogP contribution in [0.4, 0.5) is 0 Å². The maximum Gasteiger partial charge on any atom is 0.300 e. The third kappa shape index (κ3) is 4.86. The number of hydrogen-bond acceptors (Lipinski definition) is 4. The molecule has 1 aromatic rings. The number of nitrogens with one attached hydrogen (secondary N) is 2. The van der Waals surface area contributed by atoms with Crippen molar-refractivity contribution in [2.24, 2.45) is 0 Å². The molecule has 1 aliphatic rings. The fourth-order valence-electron chi connectivity index (χ4n) is 1.89. The molecule has 2 rings (SSSR count). The number of aromatic nitrogens is 1. The van der Waals surface area contributed by atoms with Crippen LogP contribution in [-0.2, 0) is 4.79 Å². The SMILES string of the molecule is CC(=O)O.CC1CC(c2cc(=O)[nH]o2)CCN1. The molecule has 0 spiro atoms. The topological polar surface area (TPSA) is 95.3 Å². The highest BCUT2D eigenvalue weighted by molar-refractivity contribution is 5.62. The first-order valence-electron chi connectivity index (χ1n) is 5.60. The third-order valence-corrected chi connectivity index (χ3v) is 2.57. The fourth-order valence-corrected chi connectivity index (χ4v) is 1.89. The van der Waals surface area contributed by atoms with Crippen molar-refractivity contribution in [2.75, 3.05) is 6.54 Å². The number of aliphatic carboxylic acids is 1. The summed E-state index contributed by atoms with van der Waals surface area (Å²) in [7, 11) is 0. The van der Waals surface area contributed by atoms with Crippen LogP contribution in [0.15, 0.2) is 15.4 Å². The van der Waals surface area contributed by atoms with Crippen molar-refractivity contribution in [2.45, 2.75) is 38.6 Å². The van der Waals surface area contributed by atoms with Crippen molar-refractivity contribution in [3.63, 3.8) is 0 Å². The number of carboxylic acids is 1. The summed E-state index contributed by atoms with van der Waals surface area (Å²) >= 11 is 0. The van der Waals surface area contributed by atoms with Gasteiger partial charge in [-0.05, 0) is 26.3 Å². The lowest BCUT2D eigenvalue weighted by Gasteiger charge is -2.25. The van der Waals surface area contributed by atoms with Crippen LogP contribution in [0.1, 0.15) is 38.4 Å². The largest absolute Gasteiger partial charge is 0.481 e. The van der Waals surface area contributed by atoms with Crippen LogP contribution in [0.5, 0.6) is 0 Å². The highest BCUT2D eigenvalue weighted by Crippen LogP contribution is 2.26. The fraction of sp³-hybridized carbons (Fsp3) is 0.636. The van der Waals surface area contributed by atoms with Gasteiger partial charge in [0, 0.05) is 24.9 Å². The minimum atomic E-state index is -0.833. The van der Waals surface area contributed by atoms with E-state index >= 15 is 0 Å². The van der Waals surface area contributed by atoms with Crippen LogP contribution < -0.4 is 10.9 Å². The number of aromatic amines is 1. The summed E-state index contributed by atoms with van der Waals surface area (Å²) in [6.45, 7) is 4.23. The van der Waals surface area contributed by atoms with Gasteiger partial charge in [-0.1, -0.05) is 0 Å². The Morgan fingerprint density at radius 3 is 2.71 bits per heavy atom. The van der Waals surface area contributed by atoms with Gasteiger partial charge in [-0.15, -0.1) is 0 Å². The van der Waals surface area contributed by atoms with E-state index in [1.165, 1.54) is 0 Å². The molecule has 1 aromatic heterocycles. The molecule has 17 heavy (non-hydrogen) atoms. The number of rotatable bonds is 1. The van der Waals surface area contributed by atoms with Crippen LogP contribution >= 0.6 is 0 Å². The lowest BCUT2D eigenvalue weighted by atomic mass is 9.91. The number of carboxylic acid groups (broad SMARTS) is 1. The molecule has 0 bridgehead atoms. The van der Waals surface area contributed by atoms with Crippen molar-refractivity contribution in [1.82, 2.24) is 10.5 Å². The Labute approximate surface area is 99.0 Å². The molecule has 0 radical (unpaired) electrons. The molecular formula is C11H18N2O4. The lowest BCUT2D eigenvalue weighted by molar-refractivity contribution is -0.134. The van der Waals surface area contributed by atoms with Gasteiger partial charge in [-0.3, -0.25) is 9.59 Å². The molecule has 1 aliphatic heterocycles. The highest BCUT2D eigenvalue weighted by Gasteiger charge is 2.22. The Bertz CT molecular complexity index is 406. The molecule has 0 aromatic carbocycles. The van der Waals surface area contributed by atoms with E-state index in [0.29, 0.717) is 12.0 Å². The van der Waals surface area contributed by atoms with Crippen molar-refractivity contribution < 1.29 is 14.4 Å². The van der Waals surface area contributed by atoms with Gasteiger partial charge in [0.05, 0.1) is 0 Å². The molecule has 2 unspecified atom stereocenters. The minimum Gasteiger partial charge on any atom is -0.481 e. The lowest BCUT2D eigenvalue weighted by Crippen LogP contribution is -2.34. The van der Waals surface area contributed by atoms with E-state index in [4.69, 9.17) is 14.4 Å². The van der Waals surface area contributed by atoms with Gasteiger partial charge in [-0.25, -0.2) is 0 Å². The summed E-state index contributed by atoms with van der Waals surface area (Å²) in [5, 5.41) is 13.1. The summed E-state index contributed by atoms with van der Waals surface area (Å²) in [6, 6.07) is 2.07. The van der Waals surface area contributed by atoms with Crippen molar-refractivity contribution in [3.8, 4) is 0 Å². The zero-order chi connectivity index (χ0) is 12.8. The predicted octanol–water partition coefficient (Wildman–Crippen LogP) is 0.914. The monoisotopic (exact) mass is 242 g/mol. The Balaban J connectivity index is 0.000000317. The average molecular weight is 242 g/mol. The van der Waals surface area contributed by atoms with E-state index in [0.717, 1.165) is 32.1 Å². The second-order valence-corrected chi connectivity index (χ2v) is 4.21. The van der Waals surface area contributed by atoms with E-state index in [1.807, 2.05) is 0 Å². The second-order valence-electron chi connectivity index (χ2n) is 4.21. The molecule has 0 saturated carbocycles. The Kier molecular flexibility index (Phi) is 4.96. The third-order valence-electron chi connectivity index (χ3n) is 2.57. The second kappa shape index (κ2) is 6.24. The maximum absolute atomic E-state index is 10.8. The first kappa shape index (κ1) is 13.5. The zero-order valence-electron chi connectivity index (χ0n) is 10.0. The van der Waals surface area contributed by atoms with Gasteiger partial charge in [0.1, 0.15) is 5.76 Å². The van der Waals surface area contributed by atoms with E-state index < -0.39 is 5.97 Å². The Hall–Kier alpha value is -1.56. The van der Waals surface area contributed by atoms with Crippen LogP contribution in [-0.4, -0.2) is 28.8 Å². The summed E-state index contributed by atoms with van der Waals surface area (Å²) in [5.74, 6) is 0.369. The molecule has 0 aliphatic carbocycles. The number of hydrogen-bond donors (Lipinski definition) is 3. The standard InChI is InChI=1S/C9H14N2O2.C2H4O2/c1-6-4-7(2-3-10-6)8-5-9(12)11-13-8;1-2(3)4/h5-7,10H,2-4H2,1H3,(H,11,12);1H3,(H,3,4). The molecule has 3 N–H and O–H groups in total. The van der Waals surface area contributed by atoms with E-state index in [2.05, 4.69) is 17.4 Å². The normalized spacial score (nSPS) is 23.6. The predicted molar refractivity (Wildman–Crippen MR) is 62.1 cm³/mol. The number of carbonyl (C=O) groups is 1. The molecule has 2 atom stereocenters.